The molecule has 0 spiro atoms. The molecule has 4 nitrogen and oxygen atoms in total. The fourth-order valence-electron chi connectivity index (χ4n) is 1.52. The lowest BCUT2D eigenvalue weighted by molar-refractivity contribution is 0.0663. The average Bonchev–Trinajstić information content (AvgIpc) is 2.81. The molecule has 0 amide bonds. The van der Waals surface area contributed by atoms with Crippen molar-refractivity contribution in [3.8, 4) is 5.69 Å². The maximum atomic E-state index is 5.20. The second-order valence-corrected chi connectivity index (χ2v) is 3.29. The van der Waals surface area contributed by atoms with Crippen LogP contribution in [0.1, 0.15) is 18.6 Å². The van der Waals surface area contributed by atoms with Gasteiger partial charge in [0, 0.05) is 18.0 Å². The van der Waals surface area contributed by atoms with E-state index in [2.05, 4.69) is 5.10 Å². The van der Waals surface area contributed by atoms with Gasteiger partial charge < -0.3 is 0 Å². The van der Waals surface area contributed by atoms with E-state index in [1.165, 1.54) is 0 Å². The van der Waals surface area contributed by atoms with Crippen molar-refractivity contribution in [2.45, 2.75) is 13.0 Å². The first-order chi connectivity index (χ1) is 7.33. The Labute approximate surface area is 88.2 Å². The van der Waals surface area contributed by atoms with Gasteiger partial charge in [-0.1, -0.05) is 18.2 Å². The number of aromatic nitrogens is 2. The summed E-state index contributed by atoms with van der Waals surface area (Å²) in [6, 6.07) is 9.76. The summed E-state index contributed by atoms with van der Waals surface area (Å²) < 4.78 is 1.80. The van der Waals surface area contributed by atoms with Gasteiger partial charge in [0.25, 0.3) is 0 Å². The van der Waals surface area contributed by atoms with Crippen LogP contribution in [-0.2, 0) is 4.84 Å². The van der Waals surface area contributed by atoms with Gasteiger partial charge in [0.1, 0.15) is 6.10 Å². The van der Waals surface area contributed by atoms with Crippen LogP contribution in [0.5, 0.6) is 0 Å². The Balaban J connectivity index is 2.47. The van der Waals surface area contributed by atoms with Crippen molar-refractivity contribution in [3.05, 3.63) is 48.3 Å². The van der Waals surface area contributed by atoms with E-state index in [1.807, 2.05) is 43.5 Å². The molecule has 1 heterocycles. The number of rotatable bonds is 3. The quantitative estimate of drug-likeness (QED) is 0.774. The van der Waals surface area contributed by atoms with Crippen LogP contribution in [0.4, 0.5) is 0 Å². The van der Waals surface area contributed by atoms with E-state index in [0.29, 0.717) is 0 Å². The van der Waals surface area contributed by atoms with Gasteiger partial charge in [-0.3, -0.25) is 4.84 Å². The molecule has 1 aromatic heterocycles. The molecule has 0 aliphatic carbocycles. The van der Waals surface area contributed by atoms with Gasteiger partial charge in [-0.05, 0) is 19.1 Å². The van der Waals surface area contributed by atoms with Crippen LogP contribution in [0.3, 0.4) is 0 Å². The summed E-state index contributed by atoms with van der Waals surface area (Å²) in [4.78, 5) is 4.83. The lowest BCUT2D eigenvalue weighted by Crippen LogP contribution is -2.09. The van der Waals surface area contributed by atoms with Crippen LogP contribution in [0.2, 0.25) is 0 Å². The molecule has 1 atom stereocenters. The molecule has 0 aliphatic rings. The topological polar surface area (TPSA) is 53.1 Å². The standard InChI is InChI=1S/C11H13N3O/c1-9(15-12)10-5-2-3-6-11(10)14-8-4-7-13-14/h2-9H,12H2,1H3. The van der Waals surface area contributed by atoms with Gasteiger partial charge in [-0.2, -0.15) is 5.10 Å². The Morgan fingerprint density at radius 1 is 1.33 bits per heavy atom. The lowest BCUT2D eigenvalue weighted by Gasteiger charge is -2.13. The Hall–Kier alpha value is -1.65. The van der Waals surface area contributed by atoms with Crippen LogP contribution < -0.4 is 5.90 Å². The predicted molar refractivity (Wildman–Crippen MR) is 57.3 cm³/mol. The molecular formula is C11H13N3O. The first kappa shape index (κ1) is 9.89. The molecule has 1 aromatic carbocycles. The number of hydrogen-bond donors (Lipinski definition) is 1. The summed E-state index contributed by atoms with van der Waals surface area (Å²) in [5, 5.41) is 4.18. The zero-order valence-corrected chi connectivity index (χ0v) is 8.50. The van der Waals surface area contributed by atoms with E-state index >= 15 is 0 Å². The maximum Gasteiger partial charge on any atom is 0.103 e. The predicted octanol–water partition coefficient (Wildman–Crippen LogP) is 1.82. The molecule has 0 aliphatic heterocycles. The molecule has 0 fully saturated rings. The van der Waals surface area contributed by atoms with Crippen molar-refractivity contribution in [2.75, 3.05) is 0 Å². The normalized spacial score (nSPS) is 12.7. The van der Waals surface area contributed by atoms with E-state index in [1.54, 1.807) is 10.9 Å². The SMILES string of the molecule is CC(ON)c1ccccc1-n1cccn1. The van der Waals surface area contributed by atoms with Crippen molar-refractivity contribution in [2.24, 2.45) is 5.90 Å². The molecule has 1 unspecified atom stereocenters. The highest BCUT2D eigenvalue weighted by atomic mass is 16.6. The first-order valence-corrected chi connectivity index (χ1v) is 4.77. The lowest BCUT2D eigenvalue weighted by atomic mass is 10.1. The van der Waals surface area contributed by atoms with Gasteiger partial charge in [0.05, 0.1) is 5.69 Å². The zero-order chi connectivity index (χ0) is 10.7. The molecule has 15 heavy (non-hydrogen) atoms. The number of para-hydroxylation sites is 1. The highest BCUT2D eigenvalue weighted by molar-refractivity contribution is 5.41. The Morgan fingerprint density at radius 2 is 2.13 bits per heavy atom. The monoisotopic (exact) mass is 203 g/mol. The second kappa shape index (κ2) is 4.25. The number of nitrogens with two attached hydrogens (primary N) is 1. The highest BCUT2D eigenvalue weighted by Crippen LogP contribution is 2.22. The van der Waals surface area contributed by atoms with E-state index in [-0.39, 0.29) is 6.10 Å². The summed E-state index contributed by atoms with van der Waals surface area (Å²) in [5.41, 5.74) is 2.00. The Bertz CT molecular complexity index is 425. The summed E-state index contributed by atoms with van der Waals surface area (Å²) in [5.74, 6) is 5.20. The van der Waals surface area contributed by atoms with Crippen LogP contribution >= 0.6 is 0 Å². The minimum Gasteiger partial charge on any atom is -0.297 e. The summed E-state index contributed by atoms with van der Waals surface area (Å²) >= 11 is 0. The summed E-state index contributed by atoms with van der Waals surface area (Å²) in [6.07, 6.45) is 3.48. The number of benzene rings is 1. The molecule has 0 radical (unpaired) electrons. The minimum atomic E-state index is -0.148. The van der Waals surface area contributed by atoms with Crippen molar-refractivity contribution >= 4 is 0 Å². The van der Waals surface area contributed by atoms with Crippen LogP contribution in [0.25, 0.3) is 5.69 Å². The van der Waals surface area contributed by atoms with E-state index < -0.39 is 0 Å². The number of hydrogen-bond acceptors (Lipinski definition) is 3. The van der Waals surface area contributed by atoms with Gasteiger partial charge in [0.15, 0.2) is 0 Å². The van der Waals surface area contributed by atoms with Gasteiger partial charge in [-0.15, -0.1) is 0 Å². The van der Waals surface area contributed by atoms with Gasteiger partial charge in [-0.25, -0.2) is 10.6 Å². The third-order valence-corrected chi connectivity index (χ3v) is 2.33. The number of nitrogens with zero attached hydrogens (tertiary/aromatic N) is 2. The van der Waals surface area contributed by atoms with Crippen LogP contribution in [0, 0.1) is 0 Å². The molecule has 0 bridgehead atoms. The zero-order valence-electron chi connectivity index (χ0n) is 8.50. The van der Waals surface area contributed by atoms with Crippen molar-refractivity contribution in [1.29, 1.82) is 0 Å². The molecular weight excluding hydrogens is 190 g/mol. The molecule has 2 rings (SSSR count). The van der Waals surface area contributed by atoms with Crippen molar-refractivity contribution in [1.82, 2.24) is 9.78 Å². The fraction of sp³-hybridized carbons (Fsp3) is 0.182. The minimum absolute atomic E-state index is 0.148. The molecule has 2 aromatic rings. The Kier molecular flexibility index (Phi) is 2.80. The van der Waals surface area contributed by atoms with Gasteiger partial charge >= 0.3 is 0 Å². The van der Waals surface area contributed by atoms with E-state index in [0.717, 1.165) is 11.3 Å². The molecule has 2 N–H and O–H groups in total. The summed E-state index contributed by atoms with van der Waals surface area (Å²) in [7, 11) is 0. The third kappa shape index (κ3) is 1.91. The molecule has 78 valence electrons. The summed E-state index contributed by atoms with van der Waals surface area (Å²) in [6.45, 7) is 1.91. The highest BCUT2D eigenvalue weighted by Gasteiger charge is 2.10. The van der Waals surface area contributed by atoms with E-state index in [9.17, 15) is 0 Å². The fourth-order valence-corrected chi connectivity index (χ4v) is 1.52. The van der Waals surface area contributed by atoms with Crippen LogP contribution in [-0.4, -0.2) is 9.78 Å². The van der Waals surface area contributed by atoms with Crippen molar-refractivity contribution < 1.29 is 4.84 Å². The largest absolute Gasteiger partial charge is 0.297 e. The van der Waals surface area contributed by atoms with Crippen LogP contribution in [0.15, 0.2) is 42.7 Å². The third-order valence-electron chi connectivity index (χ3n) is 2.33. The second-order valence-electron chi connectivity index (χ2n) is 3.29. The average molecular weight is 203 g/mol. The van der Waals surface area contributed by atoms with Crippen molar-refractivity contribution in [3.63, 3.8) is 0 Å². The first-order valence-electron chi connectivity index (χ1n) is 4.77. The smallest absolute Gasteiger partial charge is 0.103 e. The Morgan fingerprint density at radius 3 is 2.80 bits per heavy atom. The molecule has 0 saturated heterocycles. The van der Waals surface area contributed by atoms with E-state index in [4.69, 9.17) is 10.7 Å². The molecule has 4 heteroatoms. The van der Waals surface area contributed by atoms with Gasteiger partial charge in [0.2, 0.25) is 0 Å². The maximum absolute atomic E-state index is 5.20. The molecule has 0 saturated carbocycles.